The molecule has 1 aromatic heterocycles. The number of carbonyl (C=O) groups is 1. The summed E-state index contributed by atoms with van der Waals surface area (Å²) in [6.07, 6.45) is 1.86. The molecule has 112 valence electrons. The normalized spacial score (nSPS) is 10.9. The molecule has 0 atom stereocenters. The van der Waals surface area contributed by atoms with E-state index in [-0.39, 0.29) is 12.0 Å². The van der Waals surface area contributed by atoms with Crippen molar-refractivity contribution in [2.45, 2.75) is 20.0 Å². The highest BCUT2D eigenvalue weighted by Crippen LogP contribution is 2.21. The van der Waals surface area contributed by atoms with Crippen LogP contribution in [0.3, 0.4) is 0 Å². The number of carbonyl (C=O) groups excluding carboxylic acids is 1. The highest BCUT2D eigenvalue weighted by Gasteiger charge is 2.11. The average molecular weight is 294 g/mol. The summed E-state index contributed by atoms with van der Waals surface area (Å²) in [4.78, 5) is 15.5. The molecule has 0 unspecified atom stereocenters. The average Bonchev–Trinajstić information content (AvgIpc) is 2.93. The second-order valence-electron chi connectivity index (χ2n) is 5.39. The Morgan fingerprint density at radius 3 is 2.55 bits per heavy atom. The van der Waals surface area contributed by atoms with E-state index in [0.717, 1.165) is 22.3 Å². The van der Waals surface area contributed by atoms with E-state index in [4.69, 9.17) is 4.74 Å². The number of para-hydroxylation sites is 1. The molecule has 3 rings (SSSR count). The van der Waals surface area contributed by atoms with Crippen LogP contribution < -0.4 is 10.1 Å². The topological polar surface area (TPSA) is 54.1 Å². The number of fused-ring (bicyclic) bond motifs is 1. The smallest absolute Gasteiger partial charge is 0.257 e. The molecule has 4 heteroatoms. The number of aromatic nitrogens is 1. The second kappa shape index (κ2) is 5.93. The minimum absolute atomic E-state index is 0.130. The first kappa shape index (κ1) is 14.2. The van der Waals surface area contributed by atoms with Crippen LogP contribution in [0, 0.1) is 0 Å². The van der Waals surface area contributed by atoms with E-state index in [1.165, 1.54) is 0 Å². The number of aromatic amines is 1. The molecular weight excluding hydrogens is 276 g/mol. The van der Waals surface area contributed by atoms with Crippen molar-refractivity contribution in [3.05, 3.63) is 60.3 Å². The Labute approximate surface area is 129 Å². The first-order chi connectivity index (χ1) is 10.6. The Morgan fingerprint density at radius 2 is 1.82 bits per heavy atom. The Morgan fingerprint density at radius 1 is 1.09 bits per heavy atom. The maximum atomic E-state index is 12.4. The van der Waals surface area contributed by atoms with Gasteiger partial charge in [0.25, 0.3) is 5.91 Å². The van der Waals surface area contributed by atoms with Crippen LogP contribution in [0.15, 0.2) is 54.7 Å². The number of hydrogen-bond donors (Lipinski definition) is 2. The molecule has 2 N–H and O–H groups in total. The molecule has 0 saturated carbocycles. The molecule has 0 saturated heterocycles. The molecule has 3 aromatic rings. The van der Waals surface area contributed by atoms with Crippen LogP contribution in [0.4, 0.5) is 5.69 Å². The Bertz CT molecular complexity index is 788. The maximum Gasteiger partial charge on any atom is 0.257 e. The molecule has 0 spiro atoms. The maximum absolute atomic E-state index is 12.4. The van der Waals surface area contributed by atoms with Crippen molar-refractivity contribution in [3.8, 4) is 5.75 Å². The van der Waals surface area contributed by atoms with Crippen molar-refractivity contribution in [2.24, 2.45) is 0 Å². The van der Waals surface area contributed by atoms with Crippen LogP contribution in [0.1, 0.15) is 24.2 Å². The number of anilines is 1. The fourth-order valence-electron chi connectivity index (χ4n) is 2.35. The molecule has 0 radical (unpaired) electrons. The third kappa shape index (κ3) is 2.96. The predicted octanol–water partition coefficient (Wildman–Crippen LogP) is 4.21. The summed E-state index contributed by atoms with van der Waals surface area (Å²) in [6.45, 7) is 3.96. The highest BCUT2D eigenvalue weighted by molar-refractivity contribution is 6.12. The second-order valence-corrected chi connectivity index (χ2v) is 5.39. The largest absolute Gasteiger partial charge is 0.491 e. The van der Waals surface area contributed by atoms with E-state index in [1.54, 1.807) is 6.20 Å². The van der Waals surface area contributed by atoms with Gasteiger partial charge in [0.15, 0.2) is 0 Å². The SMILES string of the molecule is CC(C)Oc1ccc(NC(=O)c2c[nH]c3ccccc23)cc1. The van der Waals surface area contributed by atoms with Gasteiger partial charge in [0, 0.05) is 22.8 Å². The van der Waals surface area contributed by atoms with Gasteiger partial charge >= 0.3 is 0 Å². The monoisotopic (exact) mass is 294 g/mol. The Hall–Kier alpha value is -2.75. The fourth-order valence-corrected chi connectivity index (χ4v) is 2.35. The number of ether oxygens (including phenoxy) is 1. The van der Waals surface area contributed by atoms with E-state index < -0.39 is 0 Å². The Balaban J connectivity index is 1.76. The van der Waals surface area contributed by atoms with Gasteiger partial charge in [-0.3, -0.25) is 4.79 Å². The van der Waals surface area contributed by atoms with Crippen molar-refractivity contribution in [1.82, 2.24) is 4.98 Å². The lowest BCUT2D eigenvalue weighted by Crippen LogP contribution is -2.11. The molecule has 0 aliphatic heterocycles. The zero-order valence-electron chi connectivity index (χ0n) is 12.6. The molecule has 22 heavy (non-hydrogen) atoms. The zero-order chi connectivity index (χ0) is 15.5. The van der Waals surface area contributed by atoms with Crippen molar-refractivity contribution in [3.63, 3.8) is 0 Å². The number of amides is 1. The van der Waals surface area contributed by atoms with E-state index in [9.17, 15) is 4.79 Å². The zero-order valence-corrected chi connectivity index (χ0v) is 12.6. The van der Waals surface area contributed by atoms with Gasteiger partial charge in [-0.25, -0.2) is 0 Å². The van der Waals surface area contributed by atoms with Gasteiger partial charge in [-0.15, -0.1) is 0 Å². The van der Waals surface area contributed by atoms with Gasteiger partial charge in [-0.1, -0.05) is 18.2 Å². The minimum Gasteiger partial charge on any atom is -0.491 e. The summed E-state index contributed by atoms with van der Waals surface area (Å²) in [7, 11) is 0. The van der Waals surface area contributed by atoms with E-state index >= 15 is 0 Å². The summed E-state index contributed by atoms with van der Waals surface area (Å²) >= 11 is 0. The van der Waals surface area contributed by atoms with Gasteiger partial charge in [0.2, 0.25) is 0 Å². The summed E-state index contributed by atoms with van der Waals surface area (Å²) in [6, 6.07) is 15.1. The quantitative estimate of drug-likeness (QED) is 0.757. The summed E-state index contributed by atoms with van der Waals surface area (Å²) in [5.74, 6) is 0.662. The Kier molecular flexibility index (Phi) is 3.83. The van der Waals surface area contributed by atoms with E-state index in [0.29, 0.717) is 5.56 Å². The number of rotatable bonds is 4. The van der Waals surface area contributed by atoms with Crippen LogP contribution in [0.2, 0.25) is 0 Å². The molecule has 1 heterocycles. The number of hydrogen-bond acceptors (Lipinski definition) is 2. The van der Waals surface area contributed by atoms with E-state index in [1.807, 2.05) is 62.4 Å². The van der Waals surface area contributed by atoms with Crippen molar-refractivity contribution >= 4 is 22.5 Å². The molecule has 0 aliphatic carbocycles. The predicted molar refractivity (Wildman–Crippen MR) is 88.5 cm³/mol. The lowest BCUT2D eigenvalue weighted by Gasteiger charge is -2.10. The lowest BCUT2D eigenvalue weighted by molar-refractivity contribution is 0.102. The third-order valence-electron chi connectivity index (χ3n) is 3.32. The number of benzene rings is 2. The minimum atomic E-state index is -0.130. The van der Waals surface area contributed by atoms with Gasteiger partial charge in [0.05, 0.1) is 11.7 Å². The van der Waals surface area contributed by atoms with Gasteiger partial charge < -0.3 is 15.0 Å². The first-order valence-corrected chi connectivity index (χ1v) is 7.27. The van der Waals surface area contributed by atoms with Gasteiger partial charge in [-0.2, -0.15) is 0 Å². The molecule has 1 amide bonds. The third-order valence-corrected chi connectivity index (χ3v) is 3.32. The van der Waals surface area contributed by atoms with Crippen molar-refractivity contribution < 1.29 is 9.53 Å². The number of nitrogens with one attached hydrogen (secondary N) is 2. The van der Waals surface area contributed by atoms with Gasteiger partial charge in [-0.05, 0) is 44.2 Å². The number of H-pyrrole nitrogens is 1. The van der Waals surface area contributed by atoms with Crippen molar-refractivity contribution in [2.75, 3.05) is 5.32 Å². The van der Waals surface area contributed by atoms with Crippen LogP contribution in [-0.4, -0.2) is 17.0 Å². The van der Waals surface area contributed by atoms with Crippen LogP contribution in [0.5, 0.6) is 5.75 Å². The molecule has 2 aromatic carbocycles. The van der Waals surface area contributed by atoms with E-state index in [2.05, 4.69) is 10.3 Å². The van der Waals surface area contributed by atoms with Gasteiger partial charge in [0.1, 0.15) is 5.75 Å². The molecule has 0 bridgehead atoms. The molecule has 4 nitrogen and oxygen atoms in total. The lowest BCUT2D eigenvalue weighted by atomic mass is 10.1. The molecular formula is C18H18N2O2. The summed E-state index contributed by atoms with van der Waals surface area (Å²) in [5, 5.41) is 3.82. The standard InChI is InChI=1S/C18H18N2O2/c1-12(2)22-14-9-7-13(8-10-14)20-18(21)16-11-19-17-6-4-3-5-15(16)17/h3-12,19H,1-2H3,(H,20,21). The fraction of sp³-hybridized carbons (Fsp3) is 0.167. The van der Waals surface area contributed by atoms with Crippen LogP contribution in [0.25, 0.3) is 10.9 Å². The molecule has 0 fully saturated rings. The summed E-state index contributed by atoms with van der Waals surface area (Å²) < 4.78 is 5.59. The highest BCUT2D eigenvalue weighted by atomic mass is 16.5. The summed E-state index contributed by atoms with van der Waals surface area (Å²) in [5.41, 5.74) is 2.33. The molecule has 0 aliphatic rings. The van der Waals surface area contributed by atoms with Crippen LogP contribution >= 0.6 is 0 Å². The first-order valence-electron chi connectivity index (χ1n) is 7.27. The van der Waals surface area contributed by atoms with Crippen molar-refractivity contribution in [1.29, 1.82) is 0 Å². The van der Waals surface area contributed by atoms with Crippen LogP contribution in [-0.2, 0) is 0 Å².